The van der Waals surface area contributed by atoms with Crippen molar-refractivity contribution >= 4 is 16.2 Å². The molecule has 1 atom stereocenters. The number of carboxylic acids is 1. The third kappa shape index (κ3) is 3.74. The van der Waals surface area contributed by atoms with Gasteiger partial charge in [-0.05, 0) is 45.8 Å². The fourth-order valence-electron chi connectivity index (χ4n) is 3.08. The summed E-state index contributed by atoms with van der Waals surface area (Å²) < 4.78 is 28.1. The molecule has 0 aromatic rings. The lowest BCUT2D eigenvalue weighted by Gasteiger charge is -2.38. The molecule has 0 saturated carbocycles. The van der Waals surface area contributed by atoms with Crippen LogP contribution >= 0.6 is 0 Å². The number of hydrogen-bond acceptors (Lipinski definition) is 4. The van der Waals surface area contributed by atoms with Crippen molar-refractivity contribution < 1.29 is 18.3 Å². The normalized spacial score (nSPS) is 27.1. The van der Waals surface area contributed by atoms with Gasteiger partial charge in [0.2, 0.25) is 0 Å². The molecule has 0 spiro atoms. The van der Waals surface area contributed by atoms with E-state index in [-0.39, 0.29) is 12.6 Å². The summed E-state index contributed by atoms with van der Waals surface area (Å²) in [7, 11) is 0.0945. The van der Waals surface area contributed by atoms with E-state index in [0.29, 0.717) is 19.4 Å². The largest absolute Gasteiger partial charge is 0.481 e. The predicted molar refractivity (Wildman–Crippen MR) is 79.1 cm³/mol. The van der Waals surface area contributed by atoms with Crippen LogP contribution in [0.1, 0.15) is 25.7 Å². The predicted octanol–water partition coefficient (Wildman–Crippen LogP) is 0.0538. The molecular weight excluding hydrogens is 294 g/mol. The zero-order valence-corrected chi connectivity index (χ0v) is 13.5. The second-order valence-corrected chi connectivity index (χ2v) is 8.08. The van der Waals surface area contributed by atoms with Gasteiger partial charge in [0.15, 0.2) is 0 Å². The maximum Gasteiger partial charge on any atom is 0.307 e. The van der Waals surface area contributed by atoms with Gasteiger partial charge in [-0.1, -0.05) is 0 Å². The molecule has 0 aliphatic carbocycles. The van der Waals surface area contributed by atoms with Crippen LogP contribution in [0.15, 0.2) is 0 Å². The summed E-state index contributed by atoms with van der Waals surface area (Å²) in [6, 6.07) is 0.0106. The molecule has 2 fully saturated rings. The highest BCUT2D eigenvalue weighted by Crippen LogP contribution is 2.24. The molecule has 21 heavy (non-hydrogen) atoms. The number of carboxylic acid groups (broad SMARTS) is 1. The Morgan fingerprint density at radius 3 is 2.38 bits per heavy atom. The number of aliphatic carboxylic acids is 1. The molecule has 122 valence electrons. The van der Waals surface area contributed by atoms with Crippen LogP contribution in [0.25, 0.3) is 0 Å². The Hall–Kier alpha value is -0.700. The molecule has 2 aliphatic rings. The molecule has 0 aromatic carbocycles. The number of nitrogens with zero attached hydrogens (tertiary/aromatic N) is 3. The topological polar surface area (TPSA) is 81.2 Å². The Balaban J connectivity index is 2.04. The van der Waals surface area contributed by atoms with E-state index in [4.69, 9.17) is 5.11 Å². The van der Waals surface area contributed by atoms with Gasteiger partial charge in [-0.3, -0.25) is 4.79 Å². The highest BCUT2D eigenvalue weighted by molar-refractivity contribution is 7.86. The van der Waals surface area contributed by atoms with Gasteiger partial charge in [0.05, 0.1) is 5.92 Å². The molecule has 7 nitrogen and oxygen atoms in total. The summed E-state index contributed by atoms with van der Waals surface area (Å²) in [6.45, 7) is 2.29. The van der Waals surface area contributed by atoms with Crippen LogP contribution in [0, 0.1) is 5.92 Å². The monoisotopic (exact) mass is 319 g/mol. The summed E-state index contributed by atoms with van der Waals surface area (Å²) in [5, 5.41) is 9.10. The average molecular weight is 319 g/mol. The summed E-state index contributed by atoms with van der Waals surface area (Å²) >= 11 is 0. The molecule has 8 heteroatoms. The quantitative estimate of drug-likeness (QED) is 0.792. The minimum absolute atomic E-state index is 0.0106. The lowest BCUT2D eigenvalue weighted by atomic mass is 10.0. The van der Waals surface area contributed by atoms with Crippen LogP contribution in [0.3, 0.4) is 0 Å². The van der Waals surface area contributed by atoms with E-state index in [2.05, 4.69) is 4.90 Å². The summed E-state index contributed by atoms with van der Waals surface area (Å²) in [5.74, 6) is -1.49. The molecular formula is C13H25N3O4S. The van der Waals surface area contributed by atoms with E-state index >= 15 is 0 Å². The maximum absolute atomic E-state index is 12.7. The fraction of sp³-hybridized carbons (Fsp3) is 0.923. The maximum atomic E-state index is 12.7. The average Bonchev–Trinajstić information content (AvgIpc) is 2.47. The lowest BCUT2D eigenvalue weighted by molar-refractivity contribution is -0.142. The first-order chi connectivity index (χ1) is 9.82. The number of hydrogen-bond donors (Lipinski definition) is 1. The van der Waals surface area contributed by atoms with E-state index in [0.717, 1.165) is 25.9 Å². The van der Waals surface area contributed by atoms with Crippen molar-refractivity contribution in [1.82, 2.24) is 13.5 Å². The molecule has 0 aromatic heterocycles. The van der Waals surface area contributed by atoms with Crippen molar-refractivity contribution in [1.29, 1.82) is 0 Å². The van der Waals surface area contributed by atoms with Gasteiger partial charge >= 0.3 is 5.97 Å². The van der Waals surface area contributed by atoms with Crippen molar-refractivity contribution in [2.45, 2.75) is 31.7 Å². The minimum Gasteiger partial charge on any atom is -0.481 e. The number of carbonyl (C=O) groups is 1. The number of rotatable bonds is 4. The van der Waals surface area contributed by atoms with Crippen LogP contribution in [0.4, 0.5) is 0 Å². The molecule has 0 radical (unpaired) electrons. The van der Waals surface area contributed by atoms with Crippen LogP contribution in [-0.2, 0) is 15.0 Å². The highest BCUT2D eigenvalue weighted by Gasteiger charge is 2.37. The van der Waals surface area contributed by atoms with Crippen molar-refractivity contribution in [3.63, 3.8) is 0 Å². The Morgan fingerprint density at radius 1 is 1.19 bits per heavy atom. The van der Waals surface area contributed by atoms with Crippen LogP contribution < -0.4 is 0 Å². The molecule has 2 rings (SSSR count). The first-order valence-electron chi connectivity index (χ1n) is 7.47. The van der Waals surface area contributed by atoms with Crippen molar-refractivity contribution in [3.8, 4) is 0 Å². The molecule has 0 bridgehead atoms. The van der Waals surface area contributed by atoms with E-state index in [9.17, 15) is 13.2 Å². The van der Waals surface area contributed by atoms with E-state index < -0.39 is 22.1 Å². The van der Waals surface area contributed by atoms with E-state index in [1.165, 1.54) is 8.61 Å². The zero-order valence-electron chi connectivity index (χ0n) is 12.7. The minimum atomic E-state index is -3.56. The van der Waals surface area contributed by atoms with Gasteiger partial charge in [0.1, 0.15) is 0 Å². The third-order valence-corrected chi connectivity index (χ3v) is 6.64. The van der Waals surface area contributed by atoms with Gasteiger partial charge in [0.25, 0.3) is 10.2 Å². The Bertz CT molecular complexity index is 474. The molecule has 1 unspecified atom stereocenters. The number of piperidine rings is 2. The third-order valence-electron chi connectivity index (χ3n) is 4.63. The van der Waals surface area contributed by atoms with Gasteiger partial charge in [-0.2, -0.15) is 17.0 Å². The first kappa shape index (κ1) is 16.7. The van der Waals surface area contributed by atoms with Crippen LogP contribution in [-0.4, -0.2) is 79.3 Å². The second-order valence-electron chi connectivity index (χ2n) is 6.09. The van der Waals surface area contributed by atoms with Crippen molar-refractivity contribution in [2.75, 3.05) is 40.3 Å². The van der Waals surface area contributed by atoms with Gasteiger partial charge < -0.3 is 10.0 Å². The summed E-state index contributed by atoms with van der Waals surface area (Å²) in [6.07, 6.45) is 2.81. The van der Waals surface area contributed by atoms with E-state index in [1.807, 2.05) is 7.05 Å². The first-order valence-corrected chi connectivity index (χ1v) is 8.86. The van der Waals surface area contributed by atoms with E-state index in [1.54, 1.807) is 7.05 Å². The highest BCUT2D eigenvalue weighted by atomic mass is 32.2. The van der Waals surface area contributed by atoms with Gasteiger partial charge in [0, 0.05) is 26.2 Å². The molecule has 2 aliphatic heterocycles. The number of likely N-dealkylation sites (tertiary alicyclic amines) is 1. The zero-order chi connectivity index (χ0) is 15.6. The smallest absolute Gasteiger partial charge is 0.307 e. The lowest BCUT2D eigenvalue weighted by Crippen LogP contribution is -2.52. The molecule has 1 N–H and O–H groups in total. The summed E-state index contributed by atoms with van der Waals surface area (Å²) in [5.41, 5.74) is 0. The Morgan fingerprint density at radius 2 is 1.81 bits per heavy atom. The van der Waals surface area contributed by atoms with Gasteiger partial charge in [-0.15, -0.1) is 0 Å². The van der Waals surface area contributed by atoms with Crippen molar-refractivity contribution in [3.05, 3.63) is 0 Å². The molecule has 2 heterocycles. The summed E-state index contributed by atoms with van der Waals surface area (Å²) in [4.78, 5) is 13.3. The Kier molecular flexibility index (Phi) is 5.24. The molecule has 0 amide bonds. The van der Waals surface area contributed by atoms with Crippen LogP contribution in [0.2, 0.25) is 0 Å². The molecule has 2 saturated heterocycles. The fourth-order valence-corrected chi connectivity index (χ4v) is 4.76. The van der Waals surface area contributed by atoms with Gasteiger partial charge in [-0.25, -0.2) is 0 Å². The Labute approximate surface area is 126 Å². The standard InChI is InChI=1S/C13H25N3O4S/c1-14-8-5-12(6-9-14)15(2)21(19,20)16-7-3-4-11(10-16)13(17)18/h11-12H,3-10H2,1-2H3,(H,17,18). The van der Waals surface area contributed by atoms with Crippen LogP contribution in [0.5, 0.6) is 0 Å². The SMILES string of the molecule is CN1CCC(N(C)S(=O)(=O)N2CCCC(C(=O)O)C2)CC1. The van der Waals surface area contributed by atoms with Crippen molar-refractivity contribution in [2.24, 2.45) is 5.92 Å². The second kappa shape index (κ2) is 6.60.